The molecule has 0 aromatic carbocycles. The number of hydrogen-bond acceptors (Lipinski definition) is 4. The molecule has 0 aliphatic heterocycles. The highest BCUT2D eigenvalue weighted by Gasteiger charge is 2.18. The van der Waals surface area contributed by atoms with Crippen LogP contribution in [0, 0.1) is 6.92 Å². The largest absolute Gasteiger partial charge is 0.306 e. The second kappa shape index (κ2) is 5.73. The molecule has 5 nitrogen and oxygen atoms in total. The zero-order valence-electron chi connectivity index (χ0n) is 11.1. The Morgan fingerprint density at radius 2 is 2.00 bits per heavy atom. The highest BCUT2D eigenvalue weighted by Crippen LogP contribution is 2.23. The minimum absolute atomic E-state index is 0.111. The molecule has 2 heterocycles. The normalized spacial score (nSPS) is 12.6. The van der Waals surface area contributed by atoms with Gasteiger partial charge in [0.25, 0.3) is 0 Å². The zero-order valence-corrected chi connectivity index (χ0v) is 11.1. The van der Waals surface area contributed by atoms with E-state index in [4.69, 9.17) is 0 Å². The number of nitrogens with one attached hydrogen (secondary N) is 1. The molecule has 2 aromatic heterocycles. The van der Waals surface area contributed by atoms with Crippen LogP contribution in [-0.4, -0.2) is 26.3 Å². The van der Waals surface area contributed by atoms with Crippen molar-refractivity contribution in [2.75, 3.05) is 6.54 Å². The molecule has 96 valence electrons. The lowest BCUT2D eigenvalue weighted by Gasteiger charge is -2.18. The van der Waals surface area contributed by atoms with Gasteiger partial charge in [-0.1, -0.05) is 6.92 Å². The quantitative estimate of drug-likeness (QED) is 0.869. The van der Waals surface area contributed by atoms with Gasteiger partial charge in [-0.3, -0.25) is 4.68 Å². The molecule has 2 aromatic rings. The minimum atomic E-state index is 0.111. The molecule has 0 radical (unpaired) electrons. The van der Waals surface area contributed by atoms with Crippen molar-refractivity contribution in [2.24, 2.45) is 7.05 Å². The summed E-state index contributed by atoms with van der Waals surface area (Å²) in [6, 6.07) is 0.111. The fraction of sp³-hybridized carbons (Fsp3) is 0.462. The van der Waals surface area contributed by atoms with Gasteiger partial charge in [-0.25, -0.2) is 9.97 Å². The number of aryl methyl sites for hydroxylation is 1. The van der Waals surface area contributed by atoms with Crippen LogP contribution in [0.4, 0.5) is 0 Å². The van der Waals surface area contributed by atoms with Crippen LogP contribution in [0.1, 0.15) is 36.2 Å². The Labute approximate surface area is 107 Å². The molecule has 0 aliphatic carbocycles. The molecular weight excluding hydrogens is 226 g/mol. The molecular formula is C13H19N5. The number of rotatable bonds is 5. The summed E-state index contributed by atoms with van der Waals surface area (Å²) in [6.07, 6.45) is 8.26. The highest BCUT2D eigenvalue weighted by molar-refractivity contribution is 5.30. The van der Waals surface area contributed by atoms with E-state index in [0.29, 0.717) is 0 Å². The van der Waals surface area contributed by atoms with E-state index >= 15 is 0 Å². The molecule has 1 unspecified atom stereocenters. The lowest BCUT2D eigenvalue weighted by Crippen LogP contribution is -2.24. The van der Waals surface area contributed by atoms with Gasteiger partial charge >= 0.3 is 0 Å². The third-order valence-electron chi connectivity index (χ3n) is 3.10. The van der Waals surface area contributed by atoms with Gasteiger partial charge in [0, 0.05) is 36.3 Å². The highest BCUT2D eigenvalue weighted by atomic mass is 15.3. The van der Waals surface area contributed by atoms with Crippen molar-refractivity contribution in [3.05, 3.63) is 41.7 Å². The van der Waals surface area contributed by atoms with Gasteiger partial charge in [0.15, 0.2) is 0 Å². The second-order valence-corrected chi connectivity index (χ2v) is 4.37. The van der Waals surface area contributed by atoms with Crippen LogP contribution in [-0.2, 0) is 7.05 Å². The monoisotopic (exact) mass is 245 g/mol. The fourth-order valence-electron chi connectivity index (χ4n) is 1.95. The number of hydrogen-bond donors (Lipinski definition) is 1. The summed E-state index contributed by atoms with van der Waals surface area (Å²) >= 11 is 0. The lowest BCUT2D eigenvalue weighted by molar-refractivity contribution is 0.591. The van der Waals surface area contributed by atoms with Gasteiger partial charge in [0.2, 0.25) is 0 Å². The summed E-state index contributed by atoms with van der Waals surface area (Å²) in [5.74, 6) is 0. The summed E-state index contributed by atoms with van der Waals surface area (Å²) in [4.78, 5) is 8.19. The Morgan fingerprint density at radius 3 is 2.56 bits per heavy atom. The molecule has 0 saturated carbocycles. The van der Waals surface area contributed by atoms with Gasteiger partial charge in [-0.15, -0.1) is 0 Å². The third-order valence-corrected chi connectivity index (χ3v) is 3.10. The van der Waals surface area contributed by atoms with Crippen molar-refractivity contribution < 1.29 is 0 Å². The molecule has 0 amide bonds. The first kappa shape index (κ1) is 12.7. The van der Waals surface area contributed by atoms with E-state index in [9.17, 15) is 0 Å². The Hall–Kier alpha value is -1.75. The molecule has 0 aliphatic rings. The number of nitrogens with zero attached hydrogens (tertiary/aromatic N) is 4. The Balaban J connectivity index is 2.34. The first-order chi connectivity index (χ1) is 8.74. The molecule has 1 N–H and O–H groups in total. The van der Waals surface area contributed by atoms with E-state index in [1.165, 1.54) is 5.56 Å². The van der Waals surface area contributed by atoms with Crippen molar-refractivity contribution in [1.29, 1.82) is 0 Å². The van der Waals surface area contributed by atoms with E-state index in [1.54, 1.807) is 6.33 Å². The van der Waals surface area contributed by atoms with Crippen molar-refractivity contribution in [3.63, 3.8) is 0 Å². The fourth-order valence-corrected chi connectivity index (χ4v) is 1.95. The van der Waals surface area contributed by atoms with Crippen molar-refractivity contribution in [3.8, 4) is 0 Å². The van der Waals surface area contributed by atoms with Gasteiger partial charge < -0.3 is 5.32 Å². The van der Waals surface area contributed by atoms with Gasteiger partial charge in [-0.2, -0.15) is 5.10 Å². The van der Waals surface area contributed by atoms with E-state index in [-0.39, 0.29) is 6.04 Å². The van der Waals surface area contributed by atoms with Crippen LogP contribution in [0.2, 0.25) is 0 Å². The molecule has 0 bridgehead atoms. The maximum Gasteiger partial charge on any atom is 0.115 e. The average molecular weight is 245 g/mol. The maximum absolute atomic E-state index is 4.31. The van der Waals surface area contributed by atoms with Crippen molar-refractivity contribution in [1.82, 2.24) is 25.1 Å². The summed E-state index contributed by atoms with van der Waals surface area (Å²) in [5.41, 5.74) is 3.41. The molecule has 1 atom stereocenters. The van der Waals surface area contributed by atoms with Crippen LogP contribution < -0.4 is 5.32 Å². The molecule has 0 spiro atoms. The van der Waals surface area contributed by atoms with Crippen molar-refractivity contribution in [2.45, 2.75) is 26.3 Å². The SMILES string of the molecule is CCCNC(c1cncnc1)c1cnn(C)c1C. The van der Waals surface area contributed by atoms with Crippen LogP contribution in [0.25, 0.3) is 0 Å². The zero-order chi connectivity index (χ0) is 13.0. The Morgan fingerprint density at radius 1 is 1.28 bits per heavy atom. The van der Waals surface area contributed by atoms with Gasteiger partial charge in [0.05, 0.1) is 12.2 Å². The van der Waals surface area contributed by atoms with Gasteiger partial charge in [0.1, 0.15) is 6.33 Å². The van der Waals surface area contributed by atoms with E-state index in [0.717, 1.165) is 24.2 Å². The Bertz CT molecular complexity index is 491. The van der Waals surface area contributed by atoms with Crippen molar-refractivity contribution >= 4 is 0 Å². The molecule has 5 heteroatoms. The van der Waals surface area contributed by atoms with Crippen LogP contribution in [0.3, 0.4) is 0 Å². The average Bonchev–Trinajstić information content (AvgIpc) is 2.73. The summed E-state index contributed by atoms with van der Waals surface area (Å²) in [5, 5.41) is 7.83. The van der Waals surface area contributed by atoms with Crippen LogP contribution in [0.5, 0.6) is 0 Å². The Kier molecular flexibility index (Phi) is 4.04. The molecule has 0 saturated heterocycles. The lowest BCUT2D eigenvalue weighted by atomic mass is 10.0. The summed E-state index contributed by atoms with van der Waals surface area (Å²) in [6.45, 7) is 5.18. The topological polar surface area (TPSA) is 55.6 Å². The first-order valence-corrected chi connectivity index (χ1v) is 6.20. The van der Waals surface area contributed by atoms with Gasteiger partial charge in [-0.05, 0) is 19.9 Å². The number of aromatic nitrogens is 4. The van der Waals surface area contributed by atoms with Crippen LogP contribution >= 0.6 is 0 Å². The van der Waals surface area contributed by atoms with E-state index in [1.807, 2.05) is 30.3 Å². The third kappa shape index (κ3) is 2.56. The predicted octanol–water partition coefficient (Wildman–Crippen LogP) is 1.61. The summed E-state index contributed by atoms with van der Waals surface area (Å²) < 4.78 is 1.89. The predicted molar refractivity (Wildman–Crippen MR) is 70.1 cm³/mol. The summed E-state index contributed by atoms with van der Waals surface area (Å²) in [7, 11) is 1.96. The second-order valence-electron chi connectivity index (χ2n) is 4.37. The van der Waals surface area contributed by atoms with E-state index < -0.39 is 0 Å². The maximum atomic E-state index is 4.31. The molecule has 2 rings (SSSR count). The minimum Gasteiger partial charge on any atom is -0.306 e. The van der Waals surface area contributed by atoms with Crippen LogP contribution in [0.15, 0.2) is 24.9 Å². The van der Waals surface area contributed by atoms with E-state index in [2.05, 4.69) is 34.2 Å². The molecule has 0 fully saturated rings. The molecule has 18 heavy (non-hydrogen) atoms. The smallest absolute Gasteiger partial charge is 0.115 e. The first-order valence-electron chi connectivity index (χ1n) is 6.20. The standard InChI is InChI=1S/C13H19N5/c1-4-5-16-13(11-6-14-9-15-7-11)12-8-17-18(3)10(12)2/h6-9,13,16H,4-5H2,1-3H3.